The maximum Gasteiger partial charge on any atom is 0.340 e. The Morgan fingerprint density at radius 3 is 2.63 bits per heavy atom. The molecule has 0 unspecified atom stereocenters. The van der Waals surface area contributed by atoms with Crippen LogP contribution in [0, 0.1) is 11.6 Å². The first-order valence-electron chi connectivity index (χ1n) is 6.16. The summed E-state index contributed by atoms with van der Waals surface area (Å²) in [6, 6.07) is 1.99. The van der Waals surface area contributed by atoms with Crippen LogP contribution in [-0.2, 0) is 4.74 Å². The van der Waals surface area contributed by atoms with Gasteiger partial charge in [-0.05, 0) is 32.0 Å². The molecule has 1 aliphatic rings. The summed E-state index contributed by atoms with van der Waals surface area (Å²) in [5.74, 6) is -2.44. The molecule has 1 heterocycles. The van der Waals surface area contributed by atoms with Gasteiger partial charge in [0.25, 0.3) is 0 Å². The SMILES string of the molecule is COC(=O)c1cc(NC2CCNCC2)c(F)cc1F. The molecule has 4 nitrogen and oxygen atoms in total. The number of ether oxygens (including phenoxy) is 1. The van der Waals surface area contributed by atoms with Crippen molar-refractivity contribution in [3.63, 3.8) is 0 Å². The van der Waals surface area contributed by atoms with Crippen molar-refractivity contribution in [1.82, 2.24) is 5.32 Å². The molecule has 0 aliphatic carbocycles. The molecule has 1 fully saturated rings. The number of nitrogens with one attached hydrogen (secondary N) is 2. The molecule has 104 valence electrons. The smallest absolute Gasteiger partial charge is 0.340 e. The van der Waals surface area contributed by atoms with Crippen LogP contribution in [0.2, 0.25) is 0 Å². The number of anilines is 1. The van der Waals surface area contributed by atoms with Gasteiger partial charge in [0.2, 0.25) is 0 Å². The zero-order valence-electron chi connectivity index (χ0n) is 10.6. The van der Waals surface area contributed by atoms with Crippen LogP contribution in [0.4, 0.5) is 14.5 Å². The molecule has 0 bridgehead atoms. The fourth-order valence-electron chi connectivity index (χ4n) is 2.11. The molecule has 2 N–H and O–H groups in total. The van der Waals surface area contributed by atoms with Crippen molar-refractivity contribution in [3.05, 3.63) is 29.3 Å². The first kappa shape index (κ1) is 13.7. The van der Waals surface area contributed by atoms with Gasteiger partial charge in [0.1, 0.15) is 11.6 Å². The van der Waals surface area contributed by atoms with Gasteiger partial charge in [0, 0.05) is 12.1 Å². The van der Waals surface area contributed by atoms with Crippen LogP contribution in [0.25, 0.3) is 0 Å². The van der Waals surface area contributed by atoms with Gasteiger partial charge in [0.15, 0.2) is 0 Å². The molecule has 1 saturated heterocycles. The lowest BCUT2D eigenvalue weighted by Crippen LogP contribution is -2.35. The molecule has 0 spiro atoms. The number of benzene rings is 1. The van der Waals surface area contributed by atoms with E-state index in [4.69, 9.17) is 0 Å². The van der Waals surface area contributed by atoms with E-state index >= 15 is 0 Å². The normalized spacial score (nSPS) is 16.2. The summed E-state index contributed by atoms with van der Waals surface area (Å²) in [5, 5.41) is 6.20. The van der Waals surface area contributed by atoms with Crippen molar-refractivity contribution in [2.24, 2.45) is 0 Å². The average molecular weight is 270 g/mol. The Kier molecular flexibility index (Phi) is 4.31. The van der Waals surface area contributed by atoms with Crippen molar-refractivity contribution in [1.29, 1.82) is 0 Å². The molecule has 0 saturated carbocycles. The summed E-state index contributed by atoms with van der Waals surface area (Å²) in [5.41, 5.74) is -0.131. The minimum absolute atomic E-state index is 0.117. The van der Waals surface area contributed by atoms with Crippen molar-refractivity contribution in [2.45, 2.75) is 18.9 Å². The van der Waals surface area contributed by atoms with Gasteiger partial charge in [-0.3, -0.25) is 0 Å². The number of rotatable bonds is 3. The van der Waals surface area contributed by atoms with E-state index in [1.54, 1.807) is 0 Å². The van der Waals surface area contributed by atoms with E-state index in [1.165, 1.54) is 6.07 Å². The van der Waals surface area contributed by atoms with Gasteiger partial charge in [-0.2, -0.15) is 0 Å². The van der Waals surface area contributed by atoms with E-state index in [-0.39, 0.29) is 17.3 Å². The number of methoxy groups -OCH3 is 1. The lowest BCUT2D eigenvalue weighted by atomic mass is 10.1. The second kappa shape index (κ2) is 5.97. The Balaban J connectivity index is 2.21. The van der Waals surface area contributed by atoms with Crippen molar-refractivity contribution < 1.29 is 18.3 Å². The molecule has 0 amide bonds. The van der Waals surface area contributed by atoms with Crippen LogP contribution >= 0.6 is 0 Å². The Labute approximate surface area is 110 Å². The standard InChI is InChI=1S/C13H16F2N2O2/c1-19-13(18)9-6-12(11(15)7-10(9)14)17-8-2-4-16-5-3-8/h6-8,16-17H,2-5H2,1H3. The zero-order valence-corrected chi connectivity index (χ0v) is 10.6. The molecule has 0 radical (unpaired) electrons. The zero-order chi connectivity index (χ0) is 13.8. The van der Waals surface area contributed by atoms with Crippen molar-refractivity contribution >= 4 is 11.7 Å². The van der Waals surface area contributed by atoms with E-state index < -0.39 is 17.6 Å². The quantitative estimate of drug-likeness (QED) is 0.824. The maximum absolute atomic E-state index is 13.7. The first-order chi connectivity index (χ1) is 9.11. The van der Waals surface area contributed by atoms with Gasteiger partial charge < -0.3 is 15.4 Å². The summed E-state index contributed by atoms with van der Waals surface area (Å²) in [7, 11) is 1.16. The van der Waals surface area contributed by atoms with Crippen LogP contribution < -0.4 is 10.6 Å². The summed E-state index contributed by atoms with van der Waals surface area (Å²) in [6.07, 6.45) is 1.70. The second-order valence-corrected chi connectivity index (χ2v) is 4.47. The number of carbonyl (C=O) groups excluding carboxylic acids is 1. The molecule has 19 heavy (non-hydrogen) atoms. The fraction of sp³-hybridized carbons (Fsp3) is 0.462. The highest BCUT2D eigenvalue weighted by molar-refractivity contribution is 5.90. The number of esters is 1. The molecule has 0 atom stereocenters. The summed E-state index contributed by atoms with van der Waals surface area (Å²) < 4.78 is 31.6. The minimum Gasteiger partial charge on any atom is -0.465 e. The van der Waals surface area contributed by atoms with Crippen LogP contribution in [0.1, 0.15) is 23.2 Å². The predicted octanol–water partition coefficient (Wildman–Crippen LogP) is 1.92. The molecular formula is C13H16F2N2O2. The fourth-order valence-corrected chi connectivity index (χ4v) is 2.11. The van der Waals surface area contributed by atoms with E-state index in [0.717, 1.165) is 33.0 Å². The highest BCUT2D eigenvalue weighted by Gasteiger charge is 2.19. The number of hydrogen-bond donors (Lipinski definition) is 2. The van der Waals surface area contributed by atoms with Crippen molar-refractivity contribution in [2.75, 3.05) is 25.5 Å². The topological polar surface area (TPSA) is 50.4 Å². The first-order valence-corrected chi connectivity index (χ1v) is 6.16. The second-order valence-electron chi connectivity index (χ2n) is 4.47. The van der Waals surface area contributed by atoms with Gasteiger partial charge in [-0.25, -0.2) is 13.6 Å². The third-order valence-electron chi connectivity index (χ3n) is 3.16. The average Bonchev–Trinajstić information content (AvgIpc) is 2.42. The molecular weight excluding hydrogens is 254 g/mol. The molecule has 6 heteroatoms. The van der Waals surface area contributed by atoms with Crippen LogP contribution in [0.3, 0.4) is 0 Å². The monoisotopic (exact) mass is 270 g/mol. The van der Waals surface area contributed by atoms with Gasteiger partial charge in [-0.15, -0.1) is 0 Å². The number of piperidine rings is 1. The third-order valence-corrected chi connectivity index (χ3v) is 3.16. The van der Waals surface area contributed by atoms with Crippen LogP contribution in [-0.4, -0.2) is 32.2 Å². The summed E-state index contributed by atoms with van der Waals surface area (Å²) in [4.78, 5) is 11.4. The Morgan fingerprint density at radius 1 is 1.32 bits per heavy atom. The molecule has 1 aliphatic heterocycles. The molecule has 1 aromatic rings. The highest BCUT2D eigenvalue weighted by Crippen LogP contribution is 2.22. The van der Waals surface area contributed by atoms with Gasteiger partial charge in [-0.1, -0.05) is 0 Å². The lowest BCUT2D eigenvalue weighted by molar-refractivity contribution is 0.0595. The largest absolute Gasteiger partial charge is 0.465 e. The highest BCUT2D eigenvalue weighted by atomic mass is 19.1. The number of carbonyl (C=O) groups is 1. The molecule has 0 aromatic heterocycles. The maximum atomic E-state index is 13.7. The van der Waals surface area contributed by atoms with Gasteiger partial charge in [0.05, 0.1) is 18.4 Å². The number of halogens is 2. The van der Waals surface area contributed by atoms with Crippen molar-refractivity contribution in [3.8, 4) is 0 Å². The van der Waals surface area contributed by atoms with E-state index in [1.807, 2.05) is 0 Å². The summed E-state index contributed by atoms with van der Waals surface area (Å²) >= 11 is 0. The predicted molar refractivity (Wildman–Crippen MR) is 67.2 cm³/mol. The Bertz CT molecular complexity index is 474. The van der Waals surface area contributed by atoms with Crippen LogP contribution in [0.5, 0.6) is 0 Å². The minimum atomic E-state index is -0.916. The number of hydrogen-bond acceptors (Lipinski definition) is 4. The van der Waals surface area contributed by atoms with Gasteiger partial charge >= 0.3 is 5.97 Å². The molecule has 1 aromatic carbocycles. The Morgan fingerprint density at radius 2 is 2.00 bits per heavy atom. The van der Waals surface area contributed by atoms with Crippen LogP contribution in [0.15, 0.2) is 12.1 Å². The van der Waals surface area contributed by atoms with E-state index in [2.05, 4.69) is 15.4 Å². The summed E-state index contributed by atoms with van der Waals surface area (Å²) in [6.45, 7) is 1.70. The third kappa shape index (κ3) is 3.20. The Hall–Kier alpha value is -1.69. The lowest BCUT2D eigenvalue weighted by Gasteiger charge is -2.25. The molecule has 2 rings (SSSR count). The van der Waals surface area contributed by atoms with E-state index in [0.29, 0.717) is 6.07 Å². The van der Waals surface area contributed by atoms with E-state index in [9.17, 15) is 13.6 Å².